The Kier molecular flexibility index (Phi) is 7.85. The number of rotatable bonds is 12. The molecule has 1 amide bonds. The Labute approximate surface area is 157 Å². The van der Waals surface area contributed by atoms with E-state index in [1.165, 1.54) is 0 Å². The number of aliphatic carboxylic acids is 2. The van der Waals surface area contributed by atoms with E-state index in [4.69, 9.17) is 5.11 Å². The van der Waals surface area contributed by atoms with E-state index < -0.39 is 18.0 Å². The SMILES string of the molecule is O=C(O)CCCCCCCC(=O)NC(Cc1c[nH]c2ccccc12)C(=O)O. The summed E-state index contributed by atoms with van der Waals surface area (Å²) in [6.07, 6.45) is 6.29. The van der Waals surface area contributed by atoms with Crippen LogP contribution in [0.15, 0.2) is 30.5 Å². The van der Waals surface area contributed by atoms with Crippen molar-refractivity contribution in [3.8, 4) is 0 Å². The smallest absolute Gasteiger partial charge is 0.326 e. The lowest BCUT2D eigenvalue weighted by molar-refractivity contribution is -0.141. The monoisotopic (exact) mass is 374 g/mol. The van der Waals surface area contributed by atoms with Crippen molar-refractivity contribution >= 4 is 28.7 Å². The van der Waals surface area contributed by atoms with Gasteiger partial charge in [-0.2, -0.15) is 0 Å². The van der Waals surface area contributed by atoms with Crippen LogP contribution in [0.2, 0.25) is 0 Å². The van der Waals surface area contributed by atoms with Crippen LogP contribution in [0.25, 0.3) is 10.9 Å². The van der Waals surface area contributed by atoms with Crippen molar-refractivity contribution in [1.82, 2.24) is 10.3 Å². The van der Waals surface area contributed by atoms with Crippen LogP contribution < -0.4 is 5.32 Å². The van der Waals surface area contributed by atoms with E-state index in [2.05, 4.69) is 10.3 Å². The Hall–Kier alpha value is -2.83. The molecule has 0 radical (unpaired) electrons. The number of unbranched alkanes of at least 4 members (excludes halogenated alkanes) is 4. The summed E-state index contributed by atoms with van der Waals surface area (Å²) < 4.78 is 0. The molecule has 7 heteroatoms. The molecule has 0 saturated heterocycles. The minimum absolute atomic E-state index is 0.175. The van der Waals surface area contributed by atoms with Gasteiger partial charge in [0, 0.05) is 36.4 Å². The second-order valence-electron chi connectivity index (χ2n) is 6.68. The van der Waals surface area contributed by atoms with E-state index in [1.807, 2.05) is 24.3 Å². The Morgan fingerprint density at radius 2 is 1.63 bits per heavy atom. The van der Waals surface area contributed by atoms with Crippen LogP contribution in [0.5, 0.6) is 0 Å². The number of hydrogen-bond acceptors (Lipinski definition) is 3. The van der Waals surface area contributed by atoms with Crippen LogP contribution in [0.4, 0.5) is 0 Å². The Bertz CT molecular complexity index is 784. The van der Waals surface area contributed by atoms with E-state index in [1.54, 1.807) is 6.20 Å². The number of fused-ring (bicyclic) bond motifs is 1. The van der Waals surface area contributed by atoms with E-state index >= 15 is 0 Å². The van der Waals surface area contributed by atoms with E-state index in [9.17, 15) is 19.5 Å². The van der Waals surface area contributed by atoms with Crippen molar-refractivity contribution in [2.24, 2.45) is 0 Å². The molecule has 0 aliphatic heterocycles. The molecule has 27 heavy (non-hydrogen) atoms. The van der Waals surface area contributed by atoms with Gasteiger partial charge in [0.25, 0.3) is 0 Å². The predicted molar refractivity (Wildman–Crippen MR) is 102 cm³/mol. The van der Waals surface area contributed by atoms with E-state index in [0.29, 0.717) is 12.8 Å². The second kappa shape index (κ2) is 10.4. The number of amides is 1. The van der Waals surface area contributed by atoms with Crippen molar-refractivity contribution in [2.75, 3.05) is 0 Å². The van der Waals surface area contributed by atoms with Gasteiger partial charge in [0.05, 0.1) is 0 Å². The Morgan fingerprint density at radius 3 is 2.33 bits per heavy atom. The fourth-order valence-corrected chi connectivity index (χ4v) is 3.08. The first-order chi connectivity index (χ1) is 13.0. The summed E-state index contributed by atoms with van der Waals surface area (Å²) in [6.45, 7) is 0. The van der Waals surface area contributed by atoms with E-state index in [0.717, 1.165) is 35.7 Å². The molecule has 1 atom stereocenters. The molecule has 4 N–H and O–H groups in total. The lowest BCUT2D eigenvalue weighted by atomic mass is 10.0. The Balaban J connectivity index is 1.76. The second-order valence-corrected chi connectivity index (χ2v) is 6.68. The zero-order chi connectivity index (χ0) is 19.6. The largest absolute Gasteiger partial charge is 0.481 e. The number of carboxylic acid groups (broad SMARTS) is 2. The van der Waals surface area contributed by atoms with Gasteiger partial charge in [0.2, 0.25) is 5.91 Å². The molecule has 0 bridgehead atoms. The summed E-state index contributed by atoms with van der Waals surface area (Å²) in [5.74, 6) is -2.11. The van der Waals surface area contributed by atoms with Gasteiger partial charge in [0.15, 0.2) is 0 Å². The highest BCUT2D eigenvalue weighted by Crippen LogP contribution is 2.19. The molecule has 0 saturated carbocycles. The van der Waals surface area contributed by atoms with Gasteiger partial charge in [-0.25, -0.2) is 4.79 Å². The standard InChI is InChI=1S/C20H26N2O5/c23-18(10-4-2-1-3-5-11-19(24)25)22-17(20(26)27)12-14-13-21-16-9-7-6-8-15(14)16/h6-9,13,17,21H,1-5,10-12H2,(H,22,23)(H,24,25)(H,26,27). The summed E-state index contributed by atoms with van der Waals surface area (Å²) in [4.78, 5) is 37.1. The summed E-state index contributed by atoms with van der Waals surface area (Å²) in [5.41, 5.74) is 1.79. The molecule has 1 aromatic carbocycles. The highest BCUT2D eigenvalue weighted by Gasteiger charge is 2.21. The molecule has 7 nitrogen and oxygen atoms in total. The van der Waals surface area contributed by atoms with Gasteiger partial charge in [-0.1, -0.05) is 37.5 Å². The molecule has 1 unspecified atom stereocenters. The summed E-state index contributed by atoms with van der Waals surface area (Å²) in [7, 11) is 0. The molecule has 0 fully saturated rings. The minimum Gasteiger partial charge on any atom is -0.481 e. The maximum absolute atomic E-state index is 12.1. The van der Waals surface area contributed by atoms with Gasteiger partial charge in [0.1, 0.15) is 6.04 Å². The average Bonchev–Trinajstić information content (AvgIpc) is 3.03. The van der Waals surface area contributed by atoms with Gasteiger partial charge in [-0.15, -0.1) is 0 Å². The quantitative estimate of drug-likeness (QED) is 0.426. The molecule has 1 aromatic heterocycles. The van der Waals surface area contributed by atoms with Gasteiger partial charge in [-0.05, 0) is 24.5 Å². The maximum atomic E-state index is 12.1. The predicted octanol–water partition coefficient (Wildman–Crippen LogP) is 3.10. The molecule has 0 spiro atoms. The van der Waals surface area contributed by atoms with Crippen molar-refractivity contribution < 1.29 is 24.6 Å². The van der Waals surface area contributed by atoms with Crippen LogP contribution >= 0.6 is 0 Å². The number of hydrogen-bond donors (Lipinski definition) is 4. The molecular formula is C20H26N2O5. The molecule has 1 heterocycles. The lowest BCUT2D eigenvalue weighted by Crippen LogP contribution is -2.42. The number of carbonyl (C=O) groups is 3. The third-order valence-corrected chi connectivity index (χ3v) is 4.53. The zero-order valence-corrected chi connectivity index (χ0v) is 15.2. The fourth-order valence-electron chi connectivity index (χ4n) is 3.08. The van der Waals surface area contributed by atoms with Crippen LogP contribution in [-0.4, -0.2) is 39.1 Å². The van der Waals surface area contributed by atoms with Crippen LogP contribution in [0.3, 0.4) is 0 Å². The highest BCUT2D eigenvalue weighted by molar-refractivity contribution is 5.86. The number of aromatic amines is 1. The first-order valence-corrected chi connectivity index (χ1v) is 9.26. The molecule has 2 rings (SSSR count). The number of carbonyl (C=O) groups excluding carboxylic acids is 1. The number of aromatic nitrogens is 1. The van der Waals surface area contributed by atoms with Gasteiger partial charge < -0.3 is 20.5 Å². The summed E-state index contributed by atoms with van der Waals surface area (Å²) in [5, 5.41) is 21.6. The highest BCUT2D eigenvalue weighted by atomic mass is 16.4. The minimum atomic E-state index is -1.05. The first kappa shape index (κ1) is 20.5. The van der Waals surface area contributed by atoms with Crippen molar-refractivity contribution in [3.05, 3.63) is 36.0 Å². The van der Waals surface area contributed by atoms with Crippen LogP contribution in [-0.2, 0) is 20.8 Å². The number of nitrogens with one attached hydrogen (secondary N) is 2. The van der Waals surface area contributed by atoms with Crippen LogP contribution in [0.1, 0.15) is 50.5 Å². The molecular weight excluding hydrogens is 348 g/mol. The topological polar surface area (TPSA) is 119 Å². The average molecular weight is 374 g/mol. The van der Waals surface area contributed by atoms with E-state index in [-0.39, 0.29) is 25.2 Å². The Morgan fingerprint density at radius 1 is 0.963 bits per heavy atom. The molecule has 146 valence electrons. The zero-order valence-electron chi connectivity index (χ0n) is 15.2. The van der Waals surface area contributed by atoms with Crippen molar-refractivity contribution in [3.63, 3.8) is 0 Å². The number of benzene rings is 1. The maximum Gasteiger partial charge on any atom is 0.326 e. The first-order valence-electron chi connectivity index (χ1n) is 9.26. The normalized spacial score (nSPS) is 12.0. The number of H-pyrrole nitrogens is 1. The lowest BCUT2D eigenvalue weighted by Gasteiger charge is -2.14. The van der Waals surface area contributed by atoms with Gasteiger partial charge >= 0.3 is 11.9 Å². The summed E-state index contributed by atoms with van der Waals surface area (Å²) in [6, 6.07) is 6.67. The van der Waals surface area contributed by atoms with Crippen molar-refractivity contribution in [1.29, 1.82) is 0 Å². The molecule has 0 aliphatic rings. The number of carboxylic acids is 2. The molecule has 0 aliphatic carbocycles. The summed E-state index contributed by atoms with van der Waals surface area (Å²) >= 11 is 0. The molecule has 2 aromatic rings. The van der Waals surface area contributed by atoms with Gasteiger partial charge in [-0.3, -0.25) is 9.59 Å². The third-order valence-electron chi connectivity index (χ3n) is 4.53. The van der Waals surface area contributed by atoms with Crippen molar-refractivity contribution in [2.45, 2.75) is 57.4 Å². The fraction of sp³-hybridized carbons (Fsp3) is 0.450. The number of para-hydroxylation sites is 1. The third kappa shape index (κ3) is 6.77. The van der Waals surface area contributed by atoms with Crippen LogP contribution in [0, 0.1) is 0 Å².